The summed E-state index contributed by atoms with van der Waals surface area (Å²) in [5.41, 5.74) is 5.24. The van der Waals surface area contributed by atoms with Gasteiger partial charge in [-0.05, 0) is 36.5 Å². The summed E-state index contributed by atoms with van der Waals surface area (Å²) in [7, 11) is 0. The molecule has 1 aromatic heterocycles. The second-order valence-electron chi connectivity index (χ2n) is 4.66. The van der Waals surface area contributed by atoms with Gasteiger partial charge in [-0.15, -0.1) is 0 Å². The molecule has 0 amide bonds. The van der Waals surface area contributed by atoms with E-state index in [0.29, 0.717) is 0 Å². The van der Waals surface area contributed by atoms with Crippen molar-refractivity contribution in [3.05, 3.63) is 52.8 Å². The van der Waals surface area contributed by atoms with Crippen molar-refractivity contribution < 1.29 is 0 Å². The fourth-order valence-corrected chi connectivity index (χ4v) is 2.16. The summed E-state index contributed by atoms with van der Waals surface area (Å²) in [6, 6.07) is 11.1. The van der Waals surface area contributed by atoms with Crippen LogP contribution in [0.5, 0.6) is 0 Å². The molecule has 0 N–H and O–H groups in total. The molecule has 0 bridgehead atoms. The van der Waals surface area contributed by atoms with Gasteiger partial charge in [0.2, 0.25) is 0 Å². The lowest BCUT2D eigenvalue weighted by Crippen LogP contribution is -2.06. The molecule has 0 aliphatic carbocycles. The molecule has 1 aromatic carbocycles. The highest BCUT2D eigenvalue weighted by Crippen LogP contribution is 2.11. The molecule has 18 heavy (non-hydrogen) atoms. The molecule has 2 aromatic rings. The Hall–Kier alpha value is -1.57. The topological polar surface area (TPSA) is 17.8 Å². The third-order valence-corrected chi connectivity index (χ3v) is 3.40. The predicted molar refractivity (Wildman–Crippen MR) is 75.9 cm³/mol. The first kappa shape index (κ1) is 12.9. The van der Waals surface area contributed by atoms with Crippen LogP contribution in [0.2, 0.25) is 0 Å². The number of aromatic nitrogens is 2. The second-order valence-corrected chi connectivity index (χ2v) is 4.66. The van der Waals surface area contributed by atoms with Crippen LogP contribution in [0.25, 0.3) is 0 Å². The van der Waals surface area contributed by atoms with E-state index in [2.05, 4.69) is 60.9 Å². The molecule has 1 heterocycles. The Morgan fingerprint density at radius 2 is 1.56 bits per heavy atom. The Balaban J connectivity index is 2.18. The molecule has 0 saturated heterocycles. The lowest BCUT2D eigenvalue weighted by Gasteiger charge is -2.06. The van der Waals surface area contributed by atoms with E-state index in [0.717, 1.165) is 25.8 Å². The van der Waals surface area contributed by atoms with Crippen molar-refractivity contribution in [2.24, 2.45) is 0 Å². The number of rotatable bonds is 5. The number of nitrogens with zero attached hydrogens (tertiary/aromatic N) is 2. The minimum atomic E-state index is 0.882. The quantitative estimate of drug-likeness (QED) is 0.783. The lowest BCUT2D eigenvalue weighted by atomic mass is 10.1. The van der Waals surface area contributed by atoms with Gasteiger partial charge in [0.1, 0.15) is 0 Å². The average molecular weight is 242 g/mol. The van der Waals surface area contributed by atoms with Crippen molar-refractivity contribution in [1.29, 1.82) is 0 Å². The van der Waals surface area contributed by atoms with Gasteiger partial charge in [-0.2, -0.15) is 5.10 Å². The van der Waals surface area contributed by atoms with Gasteiger partial charge in [-0.3, -0.25) is 4.68 Å². The van der Waals surface area contributed by atoms with Crippen molar-refractivity contribution in [3.8, 4) is 0 Å². The van der Waals surface area contributed by atoms with Crippen molar-refractivity contribution in [1.82, 2.24) is 9.78 Å². The number of benzene rings is 1. The number of hydrogen-bond donors (Lipinski definition) is 0. The van der Waals surface area contributed by atoms with Gasteiger partial charge in [-0.1, -0.05) is 45.0 Å². The van der Waals surface area contributed by atoms with Crippen LogP contribution in [-0.4, -0.2) is 9.78 Å². The lowest BCUT2D eigenvalue weighted by molar-refractivity contribution is 0.640. The molecular weight excluding hydrogens is 220 g/mol. The maximum absolute atomic E-state index is 4.65. The molecule has 0 aliphatic rings. The third-order valence-electron chi connectivity index (χ3n) is 3.40. The summed E-state index contributed by atoms with van der Waals surface area (Å²) in [4.78, 5) is 0. The van der Waals surface area contributed by atoms with Crippen LogP contribution in [0.1, 0.15) is 43.3 Å². The molecular formula is C16H22N2. The zero-order valence-corrected chi connectivity index (χ0v) is 11.6. The van der Waals surface area contributed by atoms with E-state index in [1.807, 2.05) is 0 Å². The molecule has 2 heteroatoms. The highest BCUT2D eigenvalue weighted by Gasteiger charge is 2.05. The second kappa shape index (κ2) is 5.85. The van der Waals surface area contributed by atoms with E-state index < -0.39 is 0 Å². The summed E-state index contributed by atoms with van der Waals surface area (Å²) >= 11 is 0. The SMILES string of the molecule is CCc1ccc(Cn2nc(CC)cc2CC)cc1. The molecule has 0 radical (unpaired) electrons. The Morgan fingerprint density at radius 3 is 2.11 bits per heavy atom. The highest BCUT2D eigenvalue weighted by atomic mass is 15.3. The number of aryl methyl sites for hydroxylation is 3. The normalized spacial score (nSPS) is 10.8. The van der Waals surface area contributed by atoms with E-state index in [9.17, 15) is 0 Å². The highest BCUT2D eigenvalue weighted by molar-refractivity contribution is 5.23. The van der Waals surface area contributed by atoms with Crippen LogP contribution < -0.4 is 0 Å². The van der Waals surface area contributed by atoms with E-state index in [1.54, 1.807) is 0 Å². The fraction of sp³-hybridized carbons (Fsp3) is 0.438. The van der Waals surface area contributed by atoms with Crippen LogP contribution in [0, 0.1) is 0 Å². The van der Waals surface area contributed by atoms with Crippen LogP contribution in [0.3, 0.4) is 0 Å². The smallest absolute Gasteiger partial charge is 0.0662 e. The van der Waals surface area contributed by atoms with Gasteiger partial charge < -0.3 is 0 Å². The third kappa shape index (κ3) is 2.81. The van der Waals surface area contributed by atoms with Gasteiger partial charge >= 0.3 is 0 Å². The summed E-state index contributed by atoms with van der Waals surface area (Å²) in [6.07, 6.45) is 3.15. The summed E-state index contributed by atoms with van der Waals surface area (Å²) in [5.74, 6) is 0. The standard InChI is InChI=1S/C16H22N2/c1-4-13-7-9-14(10-8-13)12-18-16(6-3)11-15(5-2)17-18/h7-11H,4-6,12H2,1-3H3. The minimum Gasteiger partial charge on any atom is -0.265 e. The Labute approximate surface area is 110 Å². The molecule has 0 saturated carbocycles. The van der Waals surface area contributed by atoms with Crippen LogP contribution in [0.4, 0.5) is 0 Å². The van der Waals surface area contributed by atoms with Gasteiger partial charge in [0.25, 0.3) is 0 Å². The molecule has 0 aliphatic heterocycles. The largest absolute Gasteiger partial charge is 0.265 e. The van der Waals surface area contributed by atoms with Crippen molar-refractivity contribution in [3.63, 3.8) is 0 Å². The van der Waals surface area contributed by atoms with Crippen molar-refractivity contribution in [2.45, 2.75) is 46.6 Å². The van der Waals surface area contributed by atoms with Crippen molar-refractivity contribution in [2.75, 3.05) is 0 Å². The average Bonchev–Trinajstić information content (AvgIpc) is 2.82. The minimum absolute atomic E-state index is 0.882. The summed E-state index contributed by atoms with van der Waals surface area (Å²) in [5, 5.41) is 4.65. The van der Waals surface area contributed by atoms with E-state index in [4.69, 9.17) is 0 Å². The maximum Gasteiger partial charge on any atom is 0.0662 e. The van der Waals surface area contributed by atoms with Crippen LogP contribution in [0.15, 0.2) is 30.3 Å². The van der Waals surface area contributed by atoms with Gasteiger partial charge in [0.05, 0.1) is 12.2 Å². The predicted octanol–water partition coefficient (Wildman–Crippen LogP) is 3.62. The zero-order chi connectivity index (χ0) is 13.0. The first-order valence-corrected chi connectivity index (χ1v) is 6.90. The number of hydrogen-bond acceptors (Lipinski definition) is 1. The van der Waals surface area contributed by atoms with Gasteiger partial charge in [-0.25, -0.2) is 0 Å². The van der Waals surface area contributed by atoms with Gasteiger partial charge in [0.15, 0.2) is 0 Å². The molecule has 2 nitrogen and oxygen atoms in total. The molecule has 0 fully saturated rings. The molecule has 0 atom stereocenters. The first-order valence-electron chi connectivity index (χ1n) is 6.90. The zero-order valence-electron chi connectivity index (χ0n) is 11.6. The fourth-order valence-electron chi connectivity index (χ4n) is 2.16. The van der Waals surface area contributed by atoms with Gasteiger partial charge in [0, 0.05) is 5.69 Å². The summed E-state index contributed by atoms with van der Waals surface area (Å²) in [6.45, 7) is 7.41. The monoisotopic (exact) mass is 242 g/mol. The maximum atomic E-state index is 4.65. The van der Waals surface area contributed by atoms with E-state index >= 15 is 0 Å². The molecule has 96 valence electrons. The Bertz CT molecular complexity index is 494. The van der Waals surface area contributed by atoms with Crippen molar-refractivity contribution >= 4 is 0 Å². The molecule has 0 spiro atoms. The Morgan fingerprint density at radius 1 is 0.889 bits per heavy atom. The Kier molecular flexibility index (Phi) is 4.19. The van der Waals surface area contributed by atoms with E-state index in [1.165, 1.54) is 22.5 Å². The molecule has 0 unspecified atom stereocenters. The molecule has 2 rings (SSSR count). The van der Waals surface area contributed by atoms with Crippen LogP contribution in [-0.2, 0) is 25.8 Å². The first-order chi connectivity index (χ1) is 8.76. The van der Waals surface area contributed by atoms with Crippen LogP contribution >= 0.6 is 0 Å². The summed E-state index contributed by atoms with van der Waals surface area (Å²) < 4.78 is 2.14. The van der Waals surface area contributed by atoms with E-state index in [-0.39, 0.29) is 0 Å².